The van der Waals surface area contributed by atoms with Crippen LogP contribution in [-0.4, -0.2) is 22.1 Å². The van der Waals surface area contributed by atoms with Crippen LogP contribution in [-0.2, 0) is 0 Å². The van der Waals surface area contributed by atoms with Crippen molar-refractivity contribution >= 4 is 34.9 Å². The van der Waals surface area contributed by atoms with E-state index >= 15 is 0 Å². The molecule has 0 heterocycles. The molecule has 0 bridgehead atoms. The van der Waals surface area contributed by atoms with Crippen molar-refractivity contribution < 1.29 is 19.8 Å². The number of carboxylic acids is 1. The molecule has 5 N–H and O–H groups in total. The molecule has 0 aliphatic heterocycles. The van der Waals surface area contributed by atoms with Crippen molar-refractivity contribution in [2.24, 2.45) is 0 Å². The van der Waals surface area contributed by atoms with Gasteiger partial charge in [-0.3, -0.25) is 4.79 Å². The first-order chi connectivity index (χ1) is 9.88. The van der Waals surface area contributed by atoms with E-state index in [-0.39, 0.29) is 28.3 Å². The molecule has 0 aliphatic carbocycles. The van der Waals surface area contributed by atoms with E-state index < -0.39 is 11.9 Å². The Bertz CT molecular complexity index is 731. The number of aromatic hydroxyl groups is 1. The number of hydrogen-bond donors (Lipinski definition) is 4. The Morgan fingerprint density at radius 3 is 2.48 bits per heavy atom. The van der Waals surface area contributed by atoms with E-state index in [0.717, 1.165) is 6.07 Å². The first kappa shape index (κ1) is 14.7. The van der Waals surface area contributed by atoms with Crippen molar-refractivity contribution in [1.82, 2.24) is 0 Å². The number of nitrogens with one attached hydrogen (secondary N) is 1. The van der Waals surface area contributed by atoms with Gasteiger partial charge in [0.1, 0.15) is 5.75 Å². The summed E-state index contributed by atoms with van der Waals surface area (Å²) in [5.41, 5.74) is 5.94. The lowest BCUT2D eigenvalue weighted by Gasteiger charge is -2.09. The van der Waals surface area contributed by atoms with E-state index in [0.29, 0.717) is 5.02 Å². The van der Waals surface area contributed by atoms with Crippen LogP contribution in [0.1, 0.15) is 20.7 Å². The lowest BCUT2D eigenvalue weighted by Crippen LogP contribution is -2.15. The Balaban J connectivity index is 2.31. The monoisotopic (exact) mass is 306 g/mol. The molecule has 7 heteroatoms. The maximum atomic E-state index is 12.1. The van der Waals surface area contributed by atoms with Gasteiger partial charge in [-0.25, -0.2) is 4.79 Å². The molecule has 0 radical (unpaired) electrons. The lowest BCUT2D eigenvalue weighted by molar-refractivity contribution is 0.0697. The van der Waals surface area contributed by atoms with Crippen LogP contribution in [0.15, 0.2) is 36.4 Å². The van der Waals surface area contributed by atoms with Gasteiger partial charge in [-0.2, -0.15) is 0 Å². The fourth-order valence-corrected chi connectivity index (χ4v) is 1.82. The normalized spacial score (nSPS) is 10.1. The van der Waals surface area contributed by atoms with Crippen molar-refractivity contribution in [3.05, 3.63) is 52.5 Å². The summed E-state index contributed by atoms with van der Waals surface area (Å²) in [4.78, 5) is 23.2. The molecule has 108 valence electrons. The molecule has 6 nitrogen and oxygen atoms in total. The van der Waals surface area contributed by atoms with Gasteiger partial charge in [0.25, 0.3) is 5.91 Å². The molecule has 2 aromatic carbocycles. The molecule has 0 aromatic heterocycles. The smallest absolute Gasteiger partial charge is 0.337 e. The summed E-state index contributed by atoms with van der Waals surface area (Å²) >= 11 is 5.77. The summed E-state index contributed by atoms with van der Waals surface area (Å²) in [6, 6.07) is 7.95. The van der Waals surface area contributed by atoms with E-state index in [1.165, 1.54) is 30.3 Å². The fraction of sp³-hybridized carbons (Fsp3) is 0. The van der Waals surface area contributed by atoms with E-state index in [9.17, 15) is 14.7 Å². The van der Waals surface area contributed by atoms with Gasteiger partial charge in [0, 0.05) is 5.56 Å². The number of aromatic carboxylic acids is 1. The Morgan fingerprint density at radius 1 is 1.14 bits per heavy atom. The van der Waals surface area contributed by atoms with Crippen LogP contribution in [0.25, 0.3) is 0 Å². The van der Waals surface area contributed by atoms with Gasteiger partial charge in [0.15, 0.2) is 0 Å². The second-order valence-electron chi connectivity index (χ2n) is 4.23. The number of amides is 1. The third-order valence-electron chi connectivity index (χ3n) is 2.74. The molecular formula is C14H11ClN2O4. The predicted molar refractivity (Wildman–Crippen MR) is 78.9 cm³/mol. The third kappa shape index (κ3) is 3.24. The van der Waals surface area contributed by atoms with Crippen LogP contribution in [0.4, 0.5) is 11.4 Å². The van der Waals surface area contributed by atoms with Crippen LogP contribution < -0.4 is 11.1 Å². The highest BCUT2D eigenvalue weighted by Gasteiger charge is 2.15. The summed E-state index contributed by atoms with van der Waals surface area (Å²) in [5.74, 6) is -2.01. The number of carbonyl (C=O) groups excluding carboxylic acids is 1. The quantitative estimate of drug-likeness (QED) is 0.514. The Hall–Kier alpha value is -2.73. The zero-order valence-corrected chi connectivity index (χ0v) is 11.4. The number of benzene rings is 2. The average molecular weight is 307 g/mol. The van der Waals surface area contributed by atoms with Crippen LogP contribution in [0.3, 0.4) is 0 Å². The first-order valence-electron chi connectivity index (χ1n) is 5.81. The van der Waals surface area contributed by atoms with Crippen LogP contribution in [0, 0.1) is 0 Å². The summed E-state index contributed by atoms with van der Waals surface area (Å²) < 4.78 is 0. The number of phenolic OH excluding ortho intramolecular Hbond substituents is 1. The number of nitrogen functional groups attached to an aromatic ring is 1. The summed E-state index contributed by atoms with van der Waals surface area (Å²) in [6.45, 7) is 0. The molecule has 0 saturated heterocycles. The SMILES string of the molecule is Nc1cc(C(=O)Nc2ccc(O)cc2C(=O)O)ccc1Cl. The third-order valence-corrected chi connectivity index (χ3v) is 3.08. The number of carboxylic acid groups (broad SMARTS) is 1. The first-order valence-corrected chi connectivity index (χ1v) is 6.19. The molecule has 0 fully saturated rings. The number of carbonyl (C=O) groups is 2. The van der Waals surface area contributed by atoms with Crippen molar-refractivity contribution in [3.8, 4) is 5.75 Å². The molecule has 21 heavy (non-hydrogen) atoms. The van der Waals surface area contributed by atoms with Gasteiger partial charge >= 0.3 is 5.97 Å². The second kappa shape index (κ2) is 5.72. The molecule has 0 unspecified atom stereocenters. The maximum Gasteiger partial charge on any atom is 0.337 e. The topological polar surface area (TPSA) is 113 Å². The minimum Gasteiger partial charge on any atom is -0.508 e. The number of nitrogens with two attached hydrogens (primary N) is 1. The van der Waals surface area contributed by atoms with E-state index in [4.69, 9.17) is 22.4 Å². The molecule has 0 atom stereocenters. The van der Waals surface area contributed by atoms with E-state index in [2.05, 4.69) is 5.32 Å². The van der Waals surface area contributed by atoms with E-state index in [1.54, 1.807) is 0 Å². The zero-order valence-electron chi connectivity index (χ0n) is 10.6. The van der Waals surface area contributed by atoms with Crippen molar-refractivity contribution in [3.63, 3.8) is 0 Å². The van der Waals surface area contributed by atoms with E-state index in [1.807, 2.05) is 0 Å². The minimum atomic E-state index is -1.27. The Kier molecular flexibility index (Phi) is 4.00. The molecule has 0 aliphatic rings. The van der Waals surface area contributed by atoms with Gasteiger partial charge in [0.05, 0.1) is 22.0 Å². The number of phenols is 1. The van der Waals surface area contributed by atoms with Crippen LogP contribution >= 0.6 is 11.6 Å². The maximum absolute atomic E-state index is 12.1. The lowest BCUT2D eigenvalue weighted by atomic mass is 10.1. The average Bonchev–Trinajstić information content (AvgIpc) is 2.43. The Labute approximate surface area is 124 Å². The van der Waals surface area contributed by atoms with Gasteiger partial charge < -0.3 is 21.3 Å². The number of anilines is 2. The van der Waals surface area contributed by atoms with Crippen molar-refractivity contribution in [2.45, 2.75) is 0 Å². The van der Waals surface area contributed by atoms with Gasteiger partial charge in [0.2, 0.25) is 0 Å². The highest BCUT2D eigenvalue weighted by atomic mass is 35.5. The van der Waals surface area contributed by atoms with Gasteiger partial charge in [-0.15, -0.1) is 0 Å². The van der Waals surface area contributed by atoms with Crippen LogP contribution in [0.5, 0.6) is 5.75 Å². The molecule has 1 amide bonds. The Morgan fingerprint density at radius 2 is 1.86 bits per heavy atom. The van der Waals surface area contributed by atoms with Crippen molar-refractivity contribution in [1.29, 1.82) is 0 Å². The number of halogens is 1. The highest BCUT2D eigenvalue weighted by molar-refractivity contribution is 6.33. The van der Waals surface area contributed by atoms with Gasteiger partial charge in [-0.1, -0.05) is 11.6 Å². The van der Waals surface area contributed by atoms with Crippen molar-refractivity contribution in [2.75, 3.05) is 11.1 Å². The second-order valence-corrected chi connectivity index (χ2v) is 4.63. The molecule has 2 rings (SSSR count). The van der Waals surface area contributed by atoms with Gasteiger partial charge in [-0.05, 0) is 36.4 Å². The molecule has 2 aromatic rings. The standard InChI is InChI=1S/C14H11ClN2O4/c15-10-3-1-7(5-11(10)16)13(19)17-12-4-2-8(18)6-9(12)14(20)21/h1-6,18H,16H2,(H,17,19)(H,20,21). The minimum absolute atomic E-state index is 0.0684. The van der Waals surface area contributed by atoms with Crippen LogP contribution in [0.2, 0.25) is 5.02 Å². The fourth-order valence-electron chi connectivity index (χ4n) is 1.70. The predicted octanol–water partition coefficient (Wildman–Crippen LogP) is 2.58. The molecular weight excluding hydrogens is 296 g/mol. The largest absolute Gasteiger partial charge is 0.508 e. The number of rotatable bonds is 3. The molecule has 0 saturated carbocycles. The molecule has 0 spiro atoms. The highest BCUT2D eigenvalue weighted by Crippen LogP contribution is 2.23. The summed E-state index contributed by atoms with van der Waals surface area (Å²) in [7, 11) is 0. The summed E-state index contributed by atoms with van der Waals surface area (Å²) in [5, 5.41) is 21.1. The summed E-state index contributed by atoms with van der Waals surface area (Å²) in [6.07, 6.45) is 0. The number of hydrogen-bond acceptors (Lipinski definition) is 4. The zero-order chi connectivity index (χ0) is 15.6.